The molecule has 94 valence electrons. The van der Waals surface area contributed by atoms with E-state index in [-0.39, 0.29) is 11.9 Å². The normalized spacial score (nSPS) is 28.6. The molecule has 0 aromatic rings. The number of ether oxygens (including phenoxy) is 1. The summed E-state index contributed by atoms with van der Waals surface area (Å²) in [5.74, 6) is 0.327. The zero-order chi connectivity index (χ0) is 12.3. The first kappa shape index (κ1) is 12.4. The summed E-state index contributed by atoms with van der Waals surface area (Å²) in [5, 5.41) is 12.2. The van der Waals surface area contributed by atoms with Crippen LogP contribution in [0.4, 0.5) is 0 Å². The van der Waals surface area contributed by atoms with Crippen LogP contribution in [0.1, 0.15) is 39.0 Å². The highest BCUT2D eigenvalue weighted by Gasteiger charge is 2.42. The van der Waals surface area contributed by atoms with Gasteiger partial charge in [-0.25, -0.2) is 0 Å². The SMILES string of the molecule is CC(NC(=O)C1(C#N)CCCC1)C1CCOC1. The number of nitrogens with one attached hydrogen (secondary N) is 1. The maximum atomic E-state index is 12.2. The Morgan fingerprint density at radius 1 is 1.53 bits per heavy atom. The Balaban J connectivity index is 1.93. The van der Waals surface area contributed by atoms with Crippen molar-refractivity contribution < 1.29 is 9.53 Å². The van der Waals surface area contributed by atoms with Gasteiger partial charge in [-0.15, -0.1) is 0 Å². The van der Waals surface area contributed by atoms with Crippen LogP contribution in [0.3, 0.4) is 0 Å². The first-order chi connectivity index (χ1) is 8.18. The second kappa shape index (κ2) is 5.05. The highest BCUT2D eigenvalue weighted by Crippen LogP contribution is 2.37. The molecule has 1 heterocycles. The summed E-state index contributed by atoms with van der Waals surface area (Å²) in [7, 11) is 0. The van der Waals surface area contributed by atoms with Crippen molar-refractivity contribution in [1.29, 1.82) is 5.26 Å². The van der Waals surface area contributed by atoms with Crippen LogP contribution in [0.15, 0.2) is 0 Å². The van der Waals surface area contributed by atoms with Crippen LogP contribution in [0.25, 0.3) is 0 Å². The summed E-state index contributed by atoms with van der Waals surface area (Å²) in [4.78, 5) is 12.2. The molecule has 0 bridgehead atoms. The summed E-state index contributed by atoms with van der Waals surface area (Å²) in [6.45, 7) is 3.52. The third-order valence-electron chi connectivity index (χ3n) is 4.14. The van der Waals surface area contributed by atoms with Gasteiger partial charge in [-0.05, 0) is 26.2 Å². The monoisotopic (exact) mass is 236 g/mol. The summed E-state index contributed by atoms with van der Waals surface area (Å²) >= 11 is 0. The van der Waals surface area contributed by atoms with Gasteiger partial charge in [0.15, 0.2) is 0 Å². The lowest BCUT2D eigenvalue weighted by atomic mass is 9.86. The van der Waals surface area contributed by atoms with Crippen molar-refractivity contribution in [3.8, 4) is 6.07 Å². The highest BCUT2D eigenvalue weighted by molar-refractivity contribution is 5.85. The van der Waals surface area contributed by atoms with E-state index in [2.05, 4.69) is 11.4 Å². The Hall–Kier alpha value is -1.08. The molecule has 1 N–H and O–H groups in total. The molecule has 1 aliphatic carbocycles. The molecule has 1 aliphatic heterocycles. The molecule has 1 saturated heterocycles. The van der Waals surface area contributed by atoms with Crippen LogP contribution in [-0.4, -0.2) is 25.2 Å². The number of amides is 1. The Labute approximate surface area is 102 Å². The van der Waals surface area contributed by atoms with Crippen LogP contribution in [0.5, 0.6) is 0 Å². The summed E-state index contributed by atoms with van der Waals surface area (Å²) in [5.41, 5.74) is -0.756. The molecule has 2 fully saturated rings. The lowest BCUT2D eigenvalue weighted by Gasteiger charge is -2.25. The number of rotatable bonds is 3. The molecule has 0 aromatic carbocycles. The maximum absolute atomic E-state index is 12.2. The van der Waals surface area contributed by atoms with E-state index in [1.165, 1.54) is 0 Å². The van der Waals surface area contributed by atoms with Gasteiger partial charge in [0, 0.05) is 18.6 Å². The smallest absolute Gasteiger partial charge is 0.240 e. The molecule has 2 unspecified atom stereocenters. The molecule has 4 heteroatoms. The van der Waals surface area contributed by atoms with E-state index in [1.807, 2.05) is 6.92 Å². The van der Waals surface area contributed by atoms with Crippen molar-refractivity contribution in [2.45, 2.75) is 45.1 Å². The largest absolute Gasteiger partial charge is 0.381 e. The van der Waals surface area contributed by atoms with Crippen LogP contribution in [0.2, 0.25) is 0 Å². The molecule has 1 saturated carbocycles. The van der Waals surface area contributed by atoms with Gasteiger partial charge in [0.25, 0.3) is 0 Å². The Morgan fingerprint density at radius 3 is 2.76 bits per heavy atom. The third kappa shape index (κ3) is 2.44. The number of hydrogen-bond donors (Lipinski definition) is 1. The Kier molecular flexibility index (Phi) is 3.68. The summed E-state index contributed by atoms with van der Waals surface area (Å²) < 4.78 is 5.32. The Morgan fingerprint density at radius 2 is 2.24 bits per heavy atom. The molecule has 1 amide bonds. The predicted molar refractivity (Wildman–Crippen MR) is 63.0 cm³/mol. The molecule has 2 rings (SSSR count). The topological polar surface area (TPSA) is 62.1 Å². The van der Waals surface area contributed by atoms with E-state index in [9.17, 15) is 10.1 Å². The number of nitriles is 1. The van der Waals surface area contributed by atoms with Gasteiger partial charge in [0.1, 0.15) is 5.41 Å². The zero-order valence-corrected chi connectivity index (χ0v) is 10.4. The van der Waals surface area contributed by atoms with Gasteiger partial charge in [0.2, 0.25) is 5.91 Å². The quantitative estimate of drug-likeness (QED) is 0.809. The van der Waals surface area contributed by atoms with Crippen molar-refractivity contribution in [3.05, 3.63) is 0 Å². The fraction of sp³-hybridized carbons (Fsp3) is 0.846. The van der Waals surface area contributed by atoms with E-state index in [0.717, 1.165) is 32.5 Å². The molecule has 2 aliphatic rings. The van der Waals surface area contributed by atoms with E-state index in [1.54, 1.807) is 0 Å². The first-order valence-corrected chi connectivity index (χ1v) is 6.48. The molecule has 2 atom stereocenters. The standard InChI is InChI=1S/C13H20N2O2/c1-10(11-4-7-17-8-11)15-12(16)13(9-14)5-2-3-6-13/h10-11H,2-8H2,1H3,(H,15,16). The molecular formula is C13H20N2O2. The predicted octanol–water partition coefficient (Wildman–Crippen LogP) is 1.61. The third-order valence-corrected chi connectivity index (χ3v) is 4.14. The number of nitrogens with zero attached hydrogens (tertiary/aromatic N) is 1. The van der Waals surface area contributed by atoms with E-state index in [4.69, 9.17) is 4.74 Å². The fourth-order valence-corrected chi connectivity index (χ4v) is 2.78. The molecule has 0 aromatic heterocycles. The summed E-state index contributed by atoms with van der Waals surface area (Å²) in [6.07, 6.45) is 4.40. The van der Waals surface area contributed by atoms with E-state index >= 15 is 0 Å². The minimum Gasteiger partial charge on any atom is -0.381 e. The van der Waals surface area contributed by atoms with Crippen LogP contribution < -0.4 is 5.32 Å². The van der Waals surface area contributed by atoms with E-state index in [0.29, 0.717) is 18.8 Å². The Bertz CT molecular complexity index is 323. The second-order valence-corrected chi connectivity index (χ2v) is 5.29. The van der Waals surface area contributed by atoms with Crippen molar-refractivity contribution >= 4 is 5.91 Å². The van der Waals surface area contributed by atoms with Crippen molar-refractivity contribution in [2.24, 2.45) is 11.3 Å². The van der Waals surface area contributed by atoms with E-state index < -0.39 is 5.41 Å². The number of carbonyl (C=O) groups is 1. The lowest BCUT2D eigenvalue weighted by Crippen LogP contribution is -2.45. The summed E-state index contributed by atoms with van der Waals surface area (Å²) in [6, 6.07) is 2.34. The van der Waals surface area contributed by atoms with Crippen molar-refractivity contribution in [1.82, 2.24) is 5.32 Å². The van der Waals surface area contributed by atoms with Crippen LogP contribution in [-0.2, 0) is 9.53 Å². The van der Waals surface area contributed by atoms with Gasteiger partial charge in [-0.3, -0.25) is 4.79 Å². The maximum Gasteiger partial charge on any atom is 0.240 e. The molecule has 17 heavy (non-hydrogen) atoms. The number of carbonyl (C=O) groups excluding carboxylic acids is 1. The highest BCUT2D eigenvalue weighted by atomic mass is 16.5. The van der Waals surface area contributed by atoms with Crippen molar-refractivity contribution in [2.75, 3.05) is 13.2 Å². The lowest BCUT2D eigenvalue weighted by molar-refractivity contribution is -0.128. The first-order valence-electron chi connectivity index (χ1n) is 6.48. The minimum atomic E-state index is -0.756. The van der Waals surface area contributed by atoms with Crippen LogP contribution >= 0.6 is 0 Å². The zero-order valence-electron chi connectivity index (χ0n) is 10.4. The van der Waals surface area contributed by atoms with Crippen LogP contribution in [0, 0.1) is 22.7 Å². The van der Waals surface area contributed by atoms with Gasteiger partial charge < -0.3 is 10.1 Å². The number of hydrogen-bond acceptors (Lipinski definition) is 3. The second-order valence-electron chi connectivity index (χ2n) is 5.29. The average molecular weight is 236 g/mol. The molecule has 4 nitrogen and oxygen atoms in total. The fourth-order valence-electron chi connectivity index (χ4n) is 2.78. The minimum absolute atomic E-state index is 0.0723. The van der Waals surface area contributed by atoms with Gasteiger partial charge in [-0.1, -0.05) is 12.8 Å². The molecule has 0 radical (unpaired) electrons. The van der Waals surface area contributed by atoms with Crippen molar-refractivity contribution in [3.63, 3.8) is 0 Å². The molecular weight excluding hydrogens is 216 g/mol. The van der Waals surface area contributed by atoms with Gasteiger partial charge in [0.05, 0.1) is 12.7 Å². The van der Waals surface area contributed by atoms with Gasteiger partial charge in [-0.2, -0.15) is 5.26 Å². The van der Waals surface area contributed by atoms with Gasteiger partial charge >= 0.3 is 0 Å². The molecule has 0 spiro atoms. The average Bonchev–Trinajstić information content (AvgIpc) is 3.01.